The van der Waals surface area contributed by atoms with E-state index in [1.165, 1.54) is 36.7 Å². The van der Waals surface area contributed by atoms with Crippen LogP contribution in [0.4, 0.5) is 10.1 Å². The zero-order valence-corrected chi connectivity index (χ0v) is 12.9. The lowest BCUT2D eigenvalue weighted by molar-refractivity contribution is -0.119. The topological polar surface area (TPSA) is 55.1 Å². The first-order chi connectivity index (χ1) is 9.51. The van der Waals surface area contributed by atoms with Gasteiger partial charge >= 0.3 is 0 Å². The van der Waals surface area contributed by atoms with E-state index in [1.54, 1.807) is 6.07 Å². The molecule has 0 aliphatic heterocycles. The molecular weight excluding hydrogens is 275 g/mol. The Morgan fingerprint density at radius 3 is 2.80 bits per heavy atom. The molecule has 0 fully saturated rings. The van der Waals surface area contributed by atoms with Crippen molar-refractivity contribution in [2.75, 3.05) is 11.5 Å². The highest BCUT2D eigenvalue weighted by Gasteiger charge is 2.08. The van der Waals surface area contributed by atoms with Gasteiger partial charge in [-0.2, -0.15) is 0 Å². The molecule has 1 unspecified atom stereocenters. The number of amides is 1. The summed E-state index contributed by atoms with van der Waals surface area (Å²) in [5, 5.41) is 2.95. The molecule has 3 N–H and O–H groups in total. The van der Waals surface area contributed by atoms with Gasteiger partial charge in [0.2, 0.25) is 5.91 Å². The smallest absolute Gasteiger partial charge is 0.230 e. The Bertz CT molecular complexity index is 420. The number of thioether (sulfide) groups is 1. The summed E-state index contributed by atoms with van der Waals surface area (Å²) in [5.74, 6) is -0.122. The number of nitrogen functional groups attached to an aromatic ring is 1. The van der Waals surface area contributed by atoms with Gasteiger partial charge in [0.15, 0.2) is 0 Å². The van der Waals surface area contributed by atoms with Gasteiger partial charge in [-0.15, -0.1) is 11.8 Å². The lowest BCUT2D eigenvalue weighted by Crippen LogP contribution is -2.33. The van der Waals surface area contributed by atoms with E-state index in [0.717, 1.165) is 12.8 Å². The van der Waals surface area contributed by atoms with E-state index in [2.05, 4.69) is 12.2 Å². The predicted molar refractivity (Wildman–Crippen MR) is 83.3 cm³/mol. The number of hydrogen-bond donors (Lipinski definition) is 2. The first-order valence-electron chi connectivity index (χ1n) is 6.99. The molecule has 1 aromatic carbocycles. The number of carbonyl (C=O) groups excluding carboxylic acids is 1. The average Bonchev–Trinajstić information content (AvgIpc) is 2.35. The molecule has 0 heterocycles. The van der Waals surface area contributed by atoms with Gasteiger partial charge in [0.05, 0.1) is 5.75 Å². The number of anilines is 1. The number of hydrogen-bond acceptors (Lipinski definition) is 3. The quantitative estimate of drug-likeness (QED) is 0.438. The summed E-state index contributed by atoms with van der Waals surface area (Å²) in [6.07, 6.45) is 4.50. The van der Waals surface area contributed by atoms with Gasteiger partial charge in [-0.25, -0.2) is 4.39 Å². The molecule has 0 saturated heterocycles. The fourth-order valence-corrected chi connectivity index (χ4v) is 2.70. The van der Waals surface area contributed by atoms with Gasteiger partial charge in [-0.05, 0) is 31.5 Å². The van der Waals surface area contributed by atoms with E-state index in [1.807, 2.05) is 6.92 Å². The van der Waals surface area contributed by atoms with Crippen LogP contribution in [0.25, 0.3) is 0 Å². The summed E-state index contributed by atoms with van der Waals surface area (Å²) in [6.45, 7) is 4.17. The monoisotopic (exact) mass is 298 g/mol. The van der Waals surface area contributed by atoms with Crippen LogP contribution < -0.4 is 11.1 Å². The van der Waals surface area contributed by atoms with Crippen molar-refractivity contribution in [2.45, 2.75) is 50.5 Å². The summed E-state index contributed by atoms with van der Waals surface area (Å²) in [5.41, 5.74) is 5.94. The first-order valence-corrected chi connectivity index (χ1v) is 7.98. The molecule has 1 aromatic rings. The lowest BCUT2D eigenvalue weighted by atomic mass is 10.1. The maximum Gasteiger partial charge on any atom is 0.230 e. The minimum Gasteiger partial charge on any atom is -0.399 e. The zero-order chi connectivity index (χ0) is 15.0. The average molecular weight is 298 g/mol. The molecule has 0 spiro atoms. The Hall–Kier alpha value is -1.23. The number of nitrogens with one attached hydrogen (secondary N) is 1. The third-order valence-electron chi connectivity index (χ3n) is 2.91. The van der Waals surface area contributed by atoms with Crippen molar-refractivity contribution in [2.24, 2.45) is 0 Å². The number of unbranched alkanes of at least 4 members (excludes halogenated alkanes) is 2. The standard InChI is InChI=1S/C15H23FN2OS/c1-3-4-5-6-11(2)18-15(19)10-20-14-8-12(16)7-13(17)9-14/h7-9,11H,3-6,10,17H2,1-2H3,(H,18,19). The Morgan fingerprint density at radius 2 is 2.15 bits per heavy atom. The fourth-order valence-electron chi connectivity index (χ4n) is 1.91. The van der Waals surface area contributed by atoms with Gasteiger partial charge < -0.3 is 11.1 Å². The number of carbonyl (C=O) groups is 1. The Balaban J connectivity index is 2.32. The maximum atomic E-state index is 13.1. The van der Waals surface area contributed by atoms with E-state index < -0.39 is 0 Å². The van der Waals surface area contributed by atoms with Crippen molar-refractivity contribution in [1.29, 1.82) is 0 Å². The van der Waals surface area contributed by atoms with Crippen LogP contribution in [-0.4, -0.2) is 17.7 Å². The van der Waals surface area contributed by atoms with E-state index in [0.29, 0.717) is 10.6 Å². The molecule has 112 valence electrons. The van der Waals surface area contributed by atoms with Crippen LogP contribution in [0.15, 0.2) is 23.1 Å². The molecule has 1 rings (SSSR count). The van der Waals surface area contributed by atoms with Crippen molar-refractivity contribution in [3.8, 4) is 0 Å². The SMILES string of the molecule is CCCCCC(C)NC(=O)CSc1cc(N)cc(F)c1. The van der Waals surface area contributed by atoms with E-state index in [4.69, 9.17) is 5.73 Å². The van der Waals surface area contributed by atoms with Crippen molar-refractivity contribution in [3.63, 3.8) is 0 Å². The minimum atomic E-state index is -0.374. The second-order valence-electron chi connectivity index (χ2n) is 4.97. The van der Waals surface area contributed by atoms with Gasteiger partial charge in [0, 0.05) is 16.6 Å². The molecule has 0 aromatic heterocycles. The molecule has 0 saturated carbocycles. The summed E-state index contributed by atoms with van der Waals surface area (Å²) in [6, 6.07) is 4.51. The van der Waals surface area contributed by atoms with Gasteiger partial charge in [-0.1, -0.05) is 26.2 Å². The lowest BCUT2D eigenvalue weighted by Gasteiger charge is -2.13. The fraction of sp³-hybridized carbons (Fsp3) is 0.533. The second-order valence-corrected chi connectivity index (χ2v) is 6.02. The molecule has 1 amide bonds. The molecule has 3 nitrogen and oxygen atoms in total. The van der Waals surface area contributed by atoms with Crippen LogP contribution in [0, 0.1) is 5.82 Å². The largest absolute Gasteiger partial charge is 0.399 e. The van der Waals surface area contributed by atoms with Crippen LogP contribution in [-0.2, 0) is 4.79 Å². The maximum absolute atomic E-state index is 13.1. The predicted octanol–water partition coefficient (Wildman–Crippen LogP) is 3.59. The van der Waals surface area contributed by atoms with Crippen LogP contribution >= 0.6 is 11.8 Å². The van der Waals surface area contributed by atoms with Crippen LogP contribution in [0.5, 0.6) is 0 Å². The van der Waals surface area contributed by atoms with E-state index in [-0.39, 0.29) is 23.5 Å². The van der Waals surface area contributed by atoms with Crippen molar-refractivity contribution >= 4 is 23.4 Å². The van der Waals surface area contributed by atoms with Gasteiger partial charge in [0.25, 0.3) is 0 Å². The van der Waals surface area contributed by atoms with Crippen molar-refractivity contribution in [3.05, 3.63) is 24.0 Å². The molecule has 0 bridgehead atoms. The van der Waals surface area contributed by atoms with Crippen molar-refractivity contribution in [1.82, 2.24) is 5.32 Å². The molecule has 1 atom stereocenters. The summed E-state index contributed by atoms with van der Waals surface area (Å²) in [7, 11) is 0. The molecule has 0 aliphatic carbocycles. The second kappa shape index (κ2) is 8.84. The van der Waals surface area contributed by atoms with Gasteiger partial charge in [0.1, 0.15) is 5.82 Å². The third-order valence-corrected chi connectivity index (χ3v) is 3.89. The number of benzene rings is 1. The van der Waals surface area contributed by atoms with Crippen LogP contribution in [0.1, 0.15) is 39.5 Å². The normalized spacial score (nSPS) is 12.2. The minimum absolute atomic E-state index is 0.0261. The summed E-state index contributed by atoms with van der Waals surface area (Å²) >= 11 is 1.30. The van der Waals surface area contributed by atoms with Crippen molar-refractivity contribution < 1.29 is 9.18 Å². The highest BCUT2D eigenvalue weighted by Crippen LogP contribution is 2.21. The Morgan fingerprint density at radius 1 is 1.40 bits per heavy atom. The van der Waals surface area contributed by atoms with E-state index in [9.17, 15) is 9.18 Å². The highest BCUT2D eigenvalue weighted by molar-refractivity contribution is 8.00. The highest BCUT2D eigenvalue weighted by atomic mass is 32.2. The summed E-state index contributed by atoms with van der Waals surface area (Å²) < 4.78 is 13.1. The number of halogens is 1. The number of rotatable bonds is 8. The van der Waals surface area contributed by atoms with Crippen LogP contribution in [0.2, 0.25) is 0 Å². The van der Waals surface area contributed by atoms with Crippen LogP contribution in [0.3, 0.4) is 0 Å². The Kier molecular flexibility index (Phi) is 7.44. The first kappa shape index (κ1) is 16.8. The van der Waals surface area contributed by atoms with Gasteiger partial charge in [-0.3, -0.25) is 4.79 Å². The third kappa shape index (κ3) is 6.80. The molecule has 0 radical (unpaired) electrons. The van der Waals surface area contributed by atoms with E-state index >= 15 is 0 Å². The zero-order valence-electron chi connectivity index (χ0n) is 12.1. The molecule has 5 heteroatoms. The number of nitrogens with two attached hydrogens (primary N) is 1. The molecule has 20 heavy (non-hydrogen) atoms. The summed E-state index contributed by atoms with van der Waals surface area (Å²) in [4.78, 5) is 12.4. The molecule has 0 aliphatic rings. The molecular formula is C15H23FN2OS. The Labute approximate surface area is 124 Å².